The molecule has 9 heteroatoms. The zero-order valence-electron chi connectivity index (χ0n) is 16.6. The van der Waals surface area contributed by atoms with Gasteiger partial charge in [0.25, 0.3) is 5.91 Å². The molecule has 0 spiro atoms. The standard InChI is InChI=1S/C22H22FN3O4S/c23-16-7-5-14(6-8-16)21(27)26-20(22(28)25-17-9-10-31(29,30)13-17)11-15-12-24-19-4-2-1-3-18(15)19/h1-8,12,17,20,24H,9-11,13H2,(H,25,28)(H,26,27)/t17-,20+/m1/s1. The Morgan fingerprint density at radius 3 is 2.58 bits per heavy atom. The third-order valence-electron chi connectivity index (χ3n) is 5.41. The van der Waals surface area contributed by atoms with E-state index in [2.05, 4.69) is 15.6 Å². The lowest BCUT2D eigenvalue weighted by Gasteiger charge is -2.21. The summed E-state index contributed by atoms with van der Waals surface area (Å²) < 4.78 is 36.6. The Balaban J connectivity index is 1.55. The van der Waals surface area contributed by atoms with Crippen molar-refractivity contribution >= 4 is 32.6 Å². The average molecular weight is 444 g/mol. The Bertz CT molecular complexity index is 1220. The van der Waals surface area contributed by atoms with Gasteiger partial charge in [0.15, 0.2) is 9.84 Å². The molecular formula is C22H22FN3O4S. The molecule has 1 aliphatic heterocycles. The molecular weight excluding hydrogens is 421 g/mol. The van der Waals surface area contributed by atoms with Crippen molar-refractivity contribution in [3.63, 3.8) is 0 Å². The average Bonchev–Trinajstić information content (AvgIpc) is 3.30. The fourth-order valence-corrected chi connectivity index (χ4v) is 5.46. The first-order valence-corrected chi connectivity index (χ1v) is 11.7. The Kier molecular flexibility index (Phi) is 5.77. The number of para-hydroxylation sites is 1. The van der Waals surface area contributed by atoms with E-state index >= 15 is 0 Å². The number of carbonyl (C=O) groups is 2. The molecule has 0 radical (unpaired) electrons. The van der Waals surface area contributed by atoms with E-state index in [-0.39, 0.29) is 23.5 Å². The summed E-state index contributed by atoms with van der Waals surface area (Å²) in [5.74, 6) is -1.51. The molecule has 1 aromatic heterocycles. The molecule has 1 saturated heterocycles. The van der Waals surface area contributed by atoms with Crippen LogP contribution >= 0.6 is 0 Å². The minimum absolute atomic E-state index is 0.0347. The number of rotatable bonds is 6. The zero-order chi connectivity index (χ0) is 22.0. The Hall–Kier alpha value is -3.20. The molecule has 1 aliphatic rings. The number of aromatic nitrogens is 1. The highest BCUT2D eigenvalue weighted by molar-refractivity contribution is 7.91. The lowest BCUT2D eigenvalue weighted by atomic mass is 10.0. The summed E-state index contributed by atoms with van der Waals surface area (Å²) in [7, 11) is -3.16. The first-order valence-electron chi connectivity index (χ1n) is 9.93. The van der Waals surface area contributed by atoms with Crippen molar-refractivity contribution in [2.45, 2.75) is 24.9 Å². The van der Waals surface area contributed by atoms with Crippen molar-refractivity contribution in [1.82, 2.24) is 15.6 Å². The molecule has 2 atom stereocenters. The predicted molar refractivity (Wildman–Crippen MR) is 115 cm³/mol. The van der Waals surface area contributed by atoms with E-state index in [0.717, 1.165) is 16.5 Å². The van der Waals surface area contributed by atoms with Gasteiger partial charge in [-0.25, -0.2) is 12.8 Å². The molecule has 0 bridgehead atoms. The molecule has 4 rings (SSSR count). The minimum Gasteiger partial charge on any atom is -0.361 e. The number of fused-ring (bicyclic) bond motifs is 1. The highest BCUT2D eigenvalue weighted by Crippen LogP contribution is 2.20. The van der Waals surface area contributed by atoms with Crippen molar-refractivity contribution in [3.8, 4) is 0 Å². The summed E-state index contributed by atoms with van der Waals surface area (Å²) in [6.07, 6.45) is 2.34. The Morgan fingerprint density at radius 2 is 1.87 bits per heavy atom. The quantitative estimate of drug-likeness (QED) is 0.541. The van der Waals surface area contributed by atoms with Crippen molar-refractivity contribution < 1.29 is 22.4 Å². The maximum Gasteiger partial charge on any atom is 0.251 e. The molecule has 162 valence electrons. The number of benzene rings is 2. The van der Waals surface area contributed by atoms with Crippen molar-refractivity contribution in [2.75, 3.05) is 11.5 Å². The molecule has 0 saturated carbocycles. The van der Waals surface area contributed by atoms with Crippen molar-refractivity contribution in [3.05, 3.63) is 71.7 Å². The van der Waals surface area contributed by atoms with Crippen LogP contribution in [-0.2, 0) is 21.1 Å². The number of carbonyl (C=O) groups excluding carboxylic acids is 2. The second kappa shape index (κ2) is 8.50. The number of aromatic amines is 1. The van der Waals surface area contributed by atoms with E-state index in [9.17, 15) is 22.4 Å². The maximum atomic E-state index is 13.2. The van der Waals surface area contributed by atoms with Crippen LogP contribution in [0, 0.1) is 5.82 Å². The van der Waals surface area contributed by atoms with Crippen molar-refractivity contribution in [2.24, 2.45) is 0 Å². The number of H-pyrrole nitrogens is 1. The van der Waals surface area contributed by atoms with E-state index in [1.165, 1.54) is 24.3 Å². The van der Waals surface area contributed by atoms with E-state index < -0.39 is 39.6 Å². The highest BCUT2D eigenvalue weighted by Gasteiger charge is 2.31. The minimum atomic E-state index is -3.16. The molecule has 3 N–H and O–H groups in total. The van der Waals surface area contributed by atoms with Crippen molar-refractivity contribution in [1.29, 1.82) is 0 Å². The fraction of sp³-hybridized carbons (Fsp3) is 0.273. The van der Waals surface area contributed by atoms with E-state index in [0.29, 0.717) is 6.42 Å². The van der Waals surface area contributed by atoms with Crippen LogP contribution in [0.5, 0.6) is 0 Å². The van der Waals surface area contributed by atoms with E-state index in [4.69, 9.17) is 0 Å². The first kappa shape index (κ1) is 21.0. The van der Waals surface area contributed by atoms with Crippen LogP contribution in [0.1, 0.15) is 22.3 Å². The summed E-state index contributed by atoms with van der Waals surface area (Å²) in [6, 6.07) is 11.2. The Labute approximate surface area is 179 Å². The number of nitrogens with one attached hydrogen (secondary N) is 3. The number of sulfone groups is 1. The lowest BCUT2D eigenvalue weighted by molar-refractivity contribution is -0.123. The van der Waals surface area contributed by atoms with Crippen LogP contribution in [0.4, 0.5) is 4.39 Å². The van der Waals surface area contributed by atoms with Gasteiger partial charge in [-0.15, -0.1) is 0 Å². The van der Waals surface area contributed by atoms with Gasteiger partial charge in [-0.1, -0.05) is 18.2 Å². The second-order valence-electron chi connectivity index (χ2n) is 7.71. The summed E-state index contributed by atoms with van der Waals surface area (Å²) in [5.41, 5.74) is 1.97. The summed E-state index contributed by atoms with van der Waals surface area (Å²) in [6.45, 7) is 0. The topological polar surface area (TPSA) is 108 Å². The lowest BCUT2D eigenvalue weighted by Crippen LogP contribution is -2.51. The third kappa shape index (κ3) is 4.93. The van der Waals surface area contributed by atoms with Crippen LogP contribution < -0.4 is 10.6 Å². The van der Waals surface area contributed by atoms with E-state index in [1.807, 2.05) is 24.3 Å². The molecule has 7 nitrogen and oxygen atoms in total. The molecule has 2 amide bonds. The highest BCUT2D eigenvalue weighted by atomic mass is 32.2. The number of amides is 2. The van der Waals surface area contributed by atoms with Gasteiger partial charge in [-0.3, -0.25) is 9.59 Å². The Morgan fingerprint density at radius 1 is 1.13 bits per heavy atom. The number of halogens is 1. The molecule has 3 aromatic rings. The zero-order valence-corrected chi connectivity index (χ0v) is 17.4. The number of hydrogen-bond donors (Lipinski definition) is 3. The summed E-state index contributed by atoms with van der Waals surface area (Å²) >= 11 is 0. The smallest absolute Gasteiger partial charge is 0.251 e. The SMILES string of the molecule is O=C(N[C@@H](Cc1c[nH]c2ccccc12)C(=O)N[C@@H]1CCS(=O)(=O)C1)c1ccc(F)cc1. The van der Waals surface area contributed by atoms with Gasteiger partial charge in [0.1, 0.15) is 11.9 Å². The van der Waals surface area contributed by atoms with Gasteiger partial charge in [0.05, 0.1) is 11.5 Å². The monoisotopic (exact) mass is 443 g/mol. The van der Waals surface area contributed by atoms with Gasteiger partial charge in [0, 0.05) is 35.1 Å². The third-order valence-corrected chi connectivity index (χ3v) is 7.17. The van der Waals surface area contributed by atoms with Gasteiger partial charge < -0.3 is 15.6 Å². The first-order chi connectivity index (χ1) is 14.8. The molecule has 31 heavy (non-hydrogen) atoms. The van der Waals surface area contributed by atoms with E-state index in [1.54, 1.807) is 6.20 Å². The van der Waals surface area contributed by atoms with Crippen LogP contribution in [0.25, 0.3) is 10.9 Å². The summed E-state index contributed by atoms with van der Waals surface area (Å²) in [4.78, 5) is 28.8. The largest absolute Gasteiger partial charge is 0.361 e. The van der Waals surface area contributed by atoms with Gasteiger partial charge >= 0.3 is 0 Å². The molecule has 1 fully saturated rings. The number of hydrogen-bond acceptors (Lipinski definition) is 4. The second-order valence-corrected chi connectivity index (χ2v) is 9.93. The molecule has 0 unspecified atom stereocenters. The van der Waals surface area contributed by atoms with Gasteiger partial charge in [-0.05, 0) is 42.3 Å². The van der Waals surface area contributed by atoms with Crippen LogP contribution in [-0.4, -0.2) is 48.8 Å². The predicted octanol–water partition coefficient (Wildman–Crippen LogP) is 1.95. The van der Waals surface area contributed by atoms with Crippen LogP contribution in [0.2, 0.25) is 0 Å². The van der Waals surface area contributed by atoms with Gasteiger partial charge in [-0.2, -0.15) is 0 Å². The van der Waals surface area contributed by atoms with Crippen LogP contribution in [0.3, 0.4) is 0 Å². The molecule has 0 aliphatic carbocycles. The fourth-order valence-electron chi connectivity index (χ4n) is 3.78. The summed E-state index contributed by atoms with van der Waals surface area (Å²) in [5, 5.41) is 6.40. The van der Waals surface area contributed by atoms with Crippen LogP contribution in [0.15, 0.2) is 54.7 Å². The molecule has 2 aromatic carbocycles. The maximum absolute atomic E-state index is 13.2. The molecule has 2 heterocycles. The van der Waals surface area contributed by atoms with Gasteiger partial charge in [0.2, 0.25) is 5.91 Å². The normalized spacial score (nSPS) is 18.5.